The number of fused-ring (bicyclic) bond motifs is 1. The van der Waals surface area contributed by atoms with Gasteiger partial charge in [0, 0.05) is 24.0 Å². The van der Waals surface area contributed by atoms with E-state index in [-0.39, 0.29) is 23.7 Å². The molecule has 2 unspecified atom stereocenters. The molecular formula is C18H21FN6O. The summed E-state index contributed by atoms with van der Waals surface area (Å²) in [6.45, 7) is 0.933. The number of hydrogen-bond acceptors (Lipinski definition) is 6. The molecule has 0 bridgehead atoms. The number of nitrogens with one attached hydrogen (secondary N) is 3. The fraction of sp³-hybridized carbons (Fsp3) is 0.389. The summed E-state index contributed by atoms with van der Waals surface area (Å²) in [5.41, 5.74) is 8.64. The maximum absolute atomic E-state index is 14.1. The Morgan fingerprint density at radius 1 is 1.35 bits per heavy atom. The van der Waals surface area contributed by atoms with Gasteiger partial charge in [-0.3, -0.25) is 4.79 Å². The van der Waals surface area contributed by atoms with Crippen LogP contribution in [0.2, 0.25) is 0 Å². The highest BCUT2D eigenvalue weighted by molar-refractivity contribution is 5.78. The van der Waals surface area contributed by atoms with Crippen LogP contribution in [0, 0.1) is 11.7 Å². The van der Waals surface area contributed by atoms with Crippen LogP contribution in [0.1, 0.15) is 24.8 Å². The summed E-state index contributed by atoms with van der Waals surface area (Å²) < 4.78 is 14.1. The van der Waals surface area contributed by atoms with Crippen molar-refractivity contribution < 1.29 is 9.18 Å². The SMILES string of the molecule is NC(=O)C1CCCC1Nc1nc(Nc2ccc3c(c2)CCN3)ncc1F. The molecule has 2 atom stereocenters. The molecule has 136 valence electrons. The van der Waals surface area contributed by atoms with Crippen molar-refractivity contribution >= 4 is 29.0 Å². The van der Waals surface area contributed by atoms with E-state index in [0.29, 0.717) is 12.4 Å². The molecule has 2 aliphatic rings. The number of nitrogens with zero attached hydrogens (tertiary/aromatic N) is 2. The van der Waals surface area contributed by atoms with E-state index >= 15 is 0 Å². The molecule has 0 saturated heterocycles. The number of carbonyl (C=O) groups excluding carboxylic acids is 1. The Morgan fingerprint density at radius 3 is 3.08 bits per heavy atom. The molecule has 8 heteroatoms. The van der Waals surface area contributed by atoms with E-state index in [9.17, 15) is 9.18 Å². The number of nitrogens with two attached hydrogens (primary N) is 1. The highest BCUT2D eigenvalue weighted by Crippen LogP contribution is 2.30. The molecule has 1 aromatic heterocycles. The van der Waals surface area contributed by atoms with Crippen molar-refractivity contribution in [1.29, 1.82) is 0 Å². The van der Waals surface area contributed by atoms with Crippen LogP contribution in [0.15, 0.2) is 24.4 Å². The van der Waals surface area contributed by atoms with Gasteiger partial charge in [0.1, 0.15) is 0 Å². The summed E-state index contributed by atoms with van der Waals surface area (Å²) in [7, 11) is 0. The third kappa shape index (κ3) is 3.26. The second-order valence-electron chi connectivity index (χ2n) is 6.75. The summed E-state index contributed by atoms with van der Waals surface area (Å²) in [5.74, 6) is -0.828. The van der Waals surface area contributed by atoms with Gasteiger partial charge in [0.25, 0.3) is 0 Å². The molecule has 1 fully saturated rings. The molecule has 7 nitrogen and oxygen atoms in total. The molecule has 2 heterocycles. The van der Waals surface area contributed by atoms with Crippen LogP contribution in [-0.4, -0.2) is 28.5 Å². The Hall–Kier alpha value is -2.90. The number of amides is 1. The Balaban J connectivity index is 1.52. The summed E-state index contributed by atoms with van der Waals surface area (Å²) in [6, 6.07) is 5.77. The van der Waals surface area contributed by atoms with Gasteiger partial charge >= 0.3 is 0 Å². The van der Waals surface area contributed by atoms with Crippen LogP contribution < -0.4 is 21.7 Å². The minimum absolute atomic E-state index is 0.0866. The highest BCUT2D eigenvalue weighted by Gasteiger charge is 2.32. The predicted molar refractivity (Wildman–Crippen MR) is 97.9 cm³/mol. The van der Waals surface area contributed by atoms with Crippen molar-refractivity contribution in [2.75, 3.05) is 22.5 Å². The van der Waals surface area contributed by atoms with Crippen molar-refractivity contribution in [2.24, 2.45) is 11.7 Å². The van der Waals surface area contributed by atoms with Crippen molar-refractivity contribution in [3.63, 3.8) is 0 Å². The fourth-order valence-electron chi connectivity index (χ4n) is 3.69. The molecule has 1 aromatic carbocycles. The maximum Gasteiger partial charge on any atom is 0.229 e. The number of anilines is 4. The zero-order valence-corrected chi connectivity index (χ0v) is 14.3. The Kier molecular flexibility index (Phi) is 4.32. The van der Waals surface area contributed by atoms with Gasteiger partial charge in [-0.05, 0) is 43.0 Å². The van der Waals surface area contributed by atoms with E-state index in [0.717, 1.165) is 43.4 Å². The van der Waals surface area contributed by atoms with E-state index in [1.807, 2.05) is 18.2 Å². The summed E-state index contributed by atoms with van der Waals surface area (Å²) in [6.07, 6.45) is 4.46. The van der Waals surface area contributed by atoms with E-state index in [2.05, 4.69) is 25.9 Å². The number of primary amides is 1. The van der Waals surface area contributed by atoms with Gasteiger partial charge in [0.2, 0.25) is 11.9 Å². The van der Waals surface area contributed by atoms with E-state index in [1.165, 1.54) is 5.56 Å². The molecule has 5 N–H and O–H groups in total. The third-order valence-corrected chi connectivity index (χ3v) is 5.02. The molecule has 4 rings (SSSR count). The zero-order valence-electron chi connectivity index (χ0n) is 14.3. The fourth-order valence-corrected chi connectivity index (χ4v) is 3.69. The van der Waals surface area contributed by atoms with E-state index < -0.39 is 5.82 Å². The van der Waals surface area contributed by atoms with Crippen LogP contribution in [0.25, 0.3) is 0 Å². The number of benzene rings is 1. The third-order valence-electron chi connectivity index (χ3n) is 5.02. The van der Waals surface area contributed by atoms with E-state index in [4.69, 9.17) is 5.73 Å². The molecule has 1 aliphatic carbocycles. The quantitative estimate of drug-likeness (QED) is 0.656. The molecule has 1 saturated carbocycles. The lowest BCUT2D eigenvalue weighted by Crippen LogP contribution is -2.34. The number of aromatic nitrogens is 2. The van der Waals surface area contributed by atoms with Crippen LogP contribution in [0.5, 0.6) is 0 Å². The maximum atomic E-state index is 14.1. The standard InChI is InChI=1S/C18H21FN6O/c19-13-9-22-18(23-11-4-5-14-10(8-11)6-7-21-14)25-17(13)24-15-3-1-2-12(15)16(20)26/h4-5,8-9,12,15,21H,1-3,6-7H2,(H2,20,26)(H2,22,23,24,25). The van der Waals surface area contributed by atoms with Crippen LogP contribution >= 0.6 is 0 Å². The zero-order chi connectivity index (χ0) is 18.1. The van der Waals surface area contributed by atoms with Gasteiger partial charge in [0.15, 0.2) is 11.6 Å². The number of rotatable bonds is 5. The van der Waals surface area contributed by atoms with Crippen LogP contribution in [-0.2, 0) is 11.2 Å². The Morgan fingerprint density at radius 2 is 2.23 bits per heavy atom. The minimum Gasteiger partial charge on any atom is -0.384 e. The molecule has 26 heavy (non-hydrogen) atoms. The Bertz CT molecular complexity index is 842. The first kappa shape index (κ1) is 16.6. The summed E-state index contributed by atoms with van der Waals surface area (Å²) >= 11 is 0. The Labute approximate surface area is 150 Å². The van der Waals surface area contributed by atoms with Crippen LogP contribution in [0.4, 0.5) is 27.5 Å². The van der Waals surface area contributed by atoms with Crippen molar-refractivity contribution in [3.05, 3.63) is 35.8 Å². The first-order valence-electron chi connectivity index (χ1n) is 8.82. The van der Waals surface area contributed by atoms with E-state index in [1.54, 1.807) is 0 Å². The largest absolute Gasteiger partial charge is 0.384 e. The predicted octanol–water partition coefficient (Wildman–Crippen LogP) is 2.39. The normalized spacial score (nSPS) is 21.1. The number of carbonyl (C=O) groups is 1. The van der Waals surface area contributed by atoms with Crippen molar-refractivity contribution in [2.45, 2.75) is 31.7 Å². The number of halogens is 1. The average molecular weight is 356 g/mol. The number of hydrogen-bond donors (Lipinski definition) is 4. The van der Waals surface area contributed by atoms with Gasteiger partial charge in [-0.25, -0.2) is 9.37 Å². The molecule has 2 aromatic rings. The molecular weight excluding hydrogens is 335 g/mol. The highest BCUT2D eigenvalue weighted by atomic mass is 19.1. The van der Waals surface area contributed by atoms with Gasteiger partial charge < -0.3 is 21.7 Å². The molecule has 1 aliphatic heterocycles. The van der Waals surface area contributed by atoms with Crippen LogP contribution in [0.3, 0.4) is 0 Å². The minimum atomic E-state index is -0.552. The smallest absolute Gasteiger partial charge is 0.229 e. The van der Waals surface area contributed by atoms with Gasteiger partial charge in [-0.15, -0.1) is 0 Å². The second-order valence-corrected chi connectivity index (χ2v) is 6.75. The molecule has 1 amide bonds. The monoisotopic (exact) mass is 356 g/mol. The van der Waals surface area contributed by atoms with Gasteiger partial charge in [0.05, 0.1) is 12.1 Å². The lowest BCUT2D eigenvalue weighted by molar-refractivity contribution is -0.121. The topological polar surface area (TPSA) is 105 Å². The summed E-state index contributed by atoms with van der Waals surface area (Å²) in [5, 5.41) is 9.45. The first-order chi connectivity index (χ1) is 12.6. The average Bonchev–Trinajstić information content (AvgIpc) is 3.26. The summed E-state index contributed by atoms with van der Waals surface area (Å²) in [4.78, 5) is 19.8. The first-order valence-corrected chi connectivity index (χ1v) is 8.82. The van der Waals surface area contributed by atoms with Gasteiger partial charge in [-0.1, -0.05) is 6.42 Å². The molecule has 0 spiro atoms. The van der Waals surface area contributed by atoms with Gasteiger partial charge in [-0.2, -0.15) is 4.98 Å². The lowest BCUT2D eigenvalue weighted by Gasteiger charge is -2.19. The molecule has 0 radical (unpaired) electrons. The lowest BCUT2D eigenvalue weighted by atomic mass is 10.0. The van der Waals surface area contributed by atoms with Crippen molar-refractivity contribution in [3.8, 4) is 0 Å². The van der Waals surface area contributed by atoms with Crippen molar-refractivity contribution in [1.82, 2.24) is 9.97 Å². The second kappa shape index (κ2) is 6.78.